The number of nitrogens with one attached hydrogen (secondary N) is 1. The molecule has 0 radical (unpaired) electrons. The lowest BCUT2D eigenvalue weighted by molar-refractivity contribution is -0.112. The molecule has 1 N–H and O–H groups in total. The molecule has 0 saturated heterocycles. The predicted octanol–water partition coefficient (Wildman–Crippen LogP) is 3.11. The highest BCUT2D eigenvalue weighted by atomic mass is 16.5. The zero-order valence-corrected chi connectivity index (χ0v) is 12.4. The van der Waals surface area contributed by atoms with Gasteiger partial charge in [-0.1, -0.05) is 12.1 Å². The highest BCUT2D eigenvalue weighted by Gasteiger charge is 2.09. The normalized spacial score (nSPS) is 10.3. The quantitative estimate of drug-likeness (QED) is 0.694. The van der Waals surface area contributed by atoms with E-state index in [0.717, 1.165) is 0 Å². The van der Waals surface area contributed by atoms with E-state index in [1.165, 1.54) is 6.08 Å². The molecule has 5 heteroatoms. The minimum Gasteiger partial charge on any atom is -0.497 e. The Morgan fingerprint density at radius 1 is 1.17 bits per heavy atom. The van der Waals surface area contributed by atoms with Crippen LogP contribution in [-0.2, 0) is 4.79 Å². The minimum atomic E-state index is -0.514. The maximum Gasteiger partial charge on any atom is 0.266 e. The van der Waals surface area contributed by atoms with Gasteiger partial charge in [-0.3, -0.25) is 4.79 Å². The van der Waals surface area contributed by atoms with Crippen molar-refractivity contribution in [3.63, 3.8) is 0 Å². The van der Waals surface area contributed by atoms with E-state index in [4.69, 9.17) is 10.00 Å². The molecule has 0 bridgehead atoms. The molecule has 0 aliphatic carbocycles. The number of ether oxygens (including phenoxy) is 1. The Kier molecular flexibility index (Phi) is 5.12. The van der Waals surface area contributed by atoms with Crippen LogP contribution in [0.15, 0.2) is 54.1 Å². The Hall–Kier alpha value is -3.57. The average Bonchev–Trinajstić information content (AvgIpc) is 2.60. The predicted molar refractivity (Wildman–Crippen MR) is 86.4 cm³/mol. The van der Waals surface area contributed by atoms with Crippen LogP contribution in [0.3, 0.4) is 0 Å². The van der Waals surface area contributed by atoms with Crippen LogP contribution in [0, 0.1) is 22.7 Å². The first-order chi connectivity index (χ1) is 11.2. The molecule has 0 saturated carbocycles. The molecular formula is C18H13N3O2. The fourth-order valence-corrected chi connectivity index (χ4v) is 1.89. The SMILES string of the molecule is COc1ccc(NC(=O)/C(C#N)=C/c2cccc(C#N)c2)cc1. The Bertz CT molecular complexity index is 825. The van der Waals surface area contributed by atoms with E-state index in [1.54, 1.807) is 55.6 Å². The smallest absolute Gasteiger partial charge is 0.266 e. The second-order valence-corrected chi connectivity index (χ2v) is 4.59. The topological polar surface area (TPSA) is 85.9 Å². The summed E-state index contributed by atoms with van der Waals surface area (Å²) in [6.07, 6.45) is 1.44. The van der Waals surface area contributed by atoms with Crippen molar-refractivity contribution in [2.45, 2.75) is 0 Å². The van der Waals surface area contributed by atoms with Crippen LogP contribution in [0.25, 0.3) is 6.08 Å². The molecule has 0 aromatic heterocycles. The van der Waals surface area contributed by atoms with Gasteiger partial charge in [0, 0.05) is 5.69 Å². The summed E-state index contributed by atoms with van der Waals surface area (Å²) in [4.78, 5) is 12.2. The van der Waals surface area contributed by atoms with Crippen molar-refractivity contribution in [2.24, 2.45) is 0 Å². The Balaban J connectivity index is 2.19. The number of nitrogens with zero attached hydrogens (tertiary/aromatic N) is 2. The summed E-state index contributed by atoms with van der Waals surface area (Å²) >= 11 is 0. The molecule has 112 valence electrons. The van der Waals surface area contributed by atoms with E-state index in [2.05, 4.69) is 5.32 Å². The zero-order chi connectivity index (χ0) is 16.7. The monoisotopic (exact) mass is 303 g/mol. The minimum absolute atomic E-state index is 0.0455. The Morgan fingerprint density at radius 3 is 2.52 bits per heavy atom. The highest BCUT2D eigenvalue weighted by molar-refractivity contribution is 6.09. The van der Waals surface area contributed by atoms with Gasteiger partial charge in [0.2, 0.25) is 0 Å². The van der Waals surface area contributed by atoms with Gasteiger partial charge in [0.15, 0.2) is 0 Å². The highest BCUT2D eigenvalue weighted by Crippen LogP contribution is 2.16. The lowest BCUT2D eigenvalue weighted by atomic mass is 10.1. The summed E-state index contributed by atoms with van der Waals surface area (Å²) in [7, 11) is 1.56. The van der Waals surface area contributed by atoms with E-state index < -0.39 is 5.91 Å². The number of amides is 1. The molecule has 2 aromatic rings. The number of carbonyl (C=O) groups is 1. The number of benzene rings is 2. The summed E-state index contributed by atoms with van der Waals surface area (Å²) in [6, 6.07) is 17.4. The summed E-state index contributed by atoms with van der Waals surface area (Å²) in [6.45, 7) is 0. The third kappa shape index (κ3) is 4.20. The summed E-state index contributed by atoms with van der Waals surface area (Å²) in [5.41, 5.74) is 1.59. The molecule has 0 spiro atoms. The van der Waals surface area contributed by atoms with Crippen molar-refractivity contribution in [3.8, 4) is 17.9 Å². The molecule has 2 rings (SSSR count). The molecule has 1 amide bonds. The lowest BCUT2D eigenvalue weighted by Crippen LogP contribution is -2.13. The van der Waals surface area contributed by atoms with Crippen LogP contribution in [0.1, 0.15) is 11.1 Å². The van der Waals surface area contributed by atoms with Crippen molar-refractivity contribution in [1.82, 2.24) is 0 Å². The van der Waals surface area contributed by atoms with Crippen molar-refractivity contribution < 1.29 is 9.53 Å². The van der Waals surface area contributed by atoms with Crippen LogP contribution >= 0.6 is 0 Å². The molecule has 0 unspecified atom stereocenters. The molecule has 0 atom stereocenters. The molecule has 0 aliphatic rings. The van der Waals surface area contributed by atoms with Gasteiger partial charge >= 0.3 is 0 Å². The molecule has 5 nitrogen and oxygen atoms in total. The van der Waals surface area contributed by atoms with E-state index in [-0.39, 0.29) is 5.57 Å². The maximum absolute atomic E-state index is 12.2. The molecule has 0 heterocycles. The first kappa shape index (κ1) is 15.8. The van der Waals surface area contributed by atoms with Gasteiger partial charge in [-0.25, -0.2) is 0 Å². The molecule has 23 heavy (non-hydrogen) atoms. The van der Waals surface area contributed by atoms with E-state index in [0.29, 0.717) is 22.6 Å². The standard InChI is InChI=1S/C18H13N3O2/c1-23-17-7-5-16(6-8-17)21-18(22)15(12-20)10-13-3-2-4-14(9-13)11-19/h2-10H,1H3,(H,21,22)/b15-10+. The molecule has 0 aliphatic heterocycles. The number of anilines is 1. The first-order valence-corrected chi connectivity index (χ1v) is 6.73. The van der Waals surface area contributed by atoms with Gasteiger partial charge in [0.1, 0.15) is 17.4 Å². The van der Waals surface area contributed by atoms with Crippen molar-refractivity contribution >= 4 is 17.7 Å². The van der Waals surface area contributed by atoms with Crippen molar-refractivity contribution in [1.29, 1.82) is 10.5 Å². The van der Waals surface area contributed by atoms with Crippen LogP contribution < -0.4 is 10.1 Å². The first-order valence-electron chi connectivity index (χ1n) is 6.73. The largest absolute Gasteiger partial charge is 0.497 e. The van der Waals surface area contributed by atoms with Crippen molar-refractivity contribution in [2.75, 3.05) is 12.4 Å². The molecule has 2 aromatic carbocycles. The second kappa shape index (κ2) is 7.44. The number of methoxy groups -OCH3 is 1. The lowest BCUT2D eigenvalue weighted by Gasteiger charge is -2.05. The van der Waals surface area contributed by atoms with Crippen LogP contribution in [0.2, 0.25) is 0 Å². The summed E-state index contributed by atoms with van der Waals surface area (Å²) in [5.74, 6) is 0.160. The van der Waals surface area contributed by atoms with Gasteiger partial charge in [-0.15, -0.1) is 0 Å². The molecular weight excluding hydrogens is 290 g/mol. The molecule has 0 fully saturated rings. The third-order valence-electron chi connectivity index (χ3n) is 3.04. The van der Waals surface area contributed by atoms with Gasteiger partial charge < -0.3 is 10.1 Å². The Labute approximate surface area is 134 Å². The zero-order valence-electron chi connectivity index (χ0n) is 12.4. The number of hydrogen-bond donors (Lipinski definition) is 1. The average molecular weight is 303 g/mol. The van der Waals surface area contributed by atoms with E-state index in [1.807, 2.05) is 12.1 Å². The van der Waals surface area contributed by atoms with Gasteiger partial charge in [-0.2, -0.15) is 10.5 Å². The number of nitriles is 2. The van der Waals surface area contributed by atoms with Crippen LogP contribution in [0.5, 0.6) is 5.75 Å². The second-order valence-electron chi connectivity index (χ2n) is 4.59. The Morgan fingerprint density at radius 2 is 1.91 bits per heavy atom. The maximum atomic E-state index is 12.2. The fourth-order valence-electron chi connectivity index (χ4n) is 1.89. The summed E-state index contributed by atoms with van der Waals surface area (Å²) < 4.78 is 5.04. The number of carbonyl (C=O) groups excluding carboxylic acids is 1. The van der Waals surface area contributed by atoms with Gasteiger partial charge in [0.25, 0.3) is 5.91 Å². The van der Waals surface area contributed by atoms with Crippen LogP contribution in [0.4, 0.5) is 5.69 Å². The van der Waals surface area contributed by atoms with Gasteiger partial charge in [-0.05, 0) is 48.0 Å². The van der Waals surface area contributed by atoms with Crippen molar-refractivity contribution in [3.05, 3.63) is 65.2 Å². The fraction of sp³-hybridized carbons (Fsp3) is 0.0556. The van der Waals surface area contributed by atoms with E-state index >= 15 is 0 Å². The van der Waals surface area contributed by atoms with E-state index in [9.17, 15) is 10.1 Å². The van der Waals surface area contributed by atoms with Gasteiger partial charge in [0.05, 0.1) is 18.7 Å². The van der Waals surface area contributed by atoms with Crippen LogP contribution in [-0.4, -0.2) is 13.0 Å². The number of rotatable bonds is 4. The summed E-state index contributed by atoms with van der Waals surface area (Å²) in [5, 5.41) is 20.7. The number of hydrogen-bond acceptors (Lipinski definition) is 4. The third-order valence-corrected chi connectivity index (χ3v) is 3.04.